The maximum absolute atomic E-state index is 14.1. The van der Waals surface area contributed by atoms with Gasteiger partial charge in [0, 0.05) is 5.92 Å². The minimum absolute atomic E-state index is 0.00806. The number of aliphatic hydroxyl groups is 1. The van der Waals surface area contributed by atoms with Crippen LogP contribution in [0, 0.1) is 5.92 Å². The molecule has 0 saturated carbocycles. The van der Waals surface area contributed by atoms with Crippen LogP contribution in [0.15, 0.2) is 11.1 Å². The van der Waals surface area contributed by atoms with Gasteiger partial charge in [-0.05, 0) is 6.42 Å². The summed E-state index contributed by atoms with van der Waals surface area (Å²) in [4.78, 5) is 34.5. The first-order valence-electron chi connectivity index (χ1n) is 8.08. The van der Waals surface area contributed by atoms with Crippen molar-refractivity contribution in [3.8, 4) is 0 Å². The molecular formula is C15H20FN5O4. The average Bonchev–Trinajstić information content (AvgIpc) is 3.10. The van der Waals surface area contributed by atoms with Crippen molar-refractivity contribution < 1.29 is 19.0 Å². The second-order valence-electron chi connectivity index (χ2n) is 6.29. The van der Waals surface area contributed by atoms with E-state index >= 15 is 0 Å². The van der Waals surface area contributed by atoms with E-state index in [0.29, 0.717) is 6.42 Å². The lowest BCUT2D eigenvalue weighted by molar-refractivity contribution is -0.118. The van der Waals surface area contributed by atoms with E-state index < -0.39 is 30.2 Å². The Bertz CT molecular complexity index is 848. The normalized spacial score (nSPS) is 26.5. The van der Waals surface area contributed by atoms with E-state index in [1.54, 1.807) is 20.8 Å². The van der Waals surface area contributed by atoms with Gasteiger partial charge >= 0.3 is 0 Å². The van der Waals surface area contributed by atoms with Crippen LogP contribution in [0.3, 0.4) is 0 Å². The van der Waals surface area contributed by atoms with E-state index in [-0.39, 0.29) is 28.9 Å². The topological polar surface area (TPSA) is 122 Å². The molecule has 1 aliphatic heterocycles. The van der Waals surface area contributed by atoms with Crippen LogP contribution in [0.1, 0.15) is 33.4 Å². The summed E-state index contributed by atoms with van der Waals surface area (Å²) in [5.74, 6) is -0.668. The number of hydrogen-bond donors (Lipinski definition) is 3. The van der Waals surface area contributed by atoms with Gasteiger partial charge in [0.15, 0.2) is 23.6 Å². The molecule has 3 N–H and O–H groups in total. The van der Waals surface area contributed by atoms with Gasteiger partial charge in [-0.25, -0.2) is 9.37 Å². The first-order valence-corrected chi connectivity index (χ1v) is 8.08. The number of carbonyl (C=O) groups is 1. The van der Waals surface area contributed by atoms with E-state index in [4.69, 9.17) is 4.74 Å². The Balaban J connectivity index is 2.01. The Kier molecular flexibility index (Phi) is 4.56. The van der Waals surface area contributed by atoms with E-state index in [2.05, 4.69) is 20.3 Å². The molecule has 0 aromatic carbocycles. The summed E-state index contributed by atoms with van der Waals surface area (Å²) in [6.07, 6.45) is -3.09. The van der Waals surface area contributed by atoms with Crippen molar-refractivity contribution in [2.45, 2.75) is 51.8 Å². The Labute approximate surface area is 142 Å². The Morgan fingerprint density at radius 2 is 2.28 bits per heavy atom. The molecule has 3 rings (SSSR count). The van der Waals surface area contributed by atoms with Gasteiger partial charge in [-0.3, -0.25) is 24.5 Å². The zero-order valence-electron chi connectivity index (χ0n) is 14.1. The van der Waals surface area contributed by atoms with Gasteiger partial charge in [0.1, 0.15) is 6.10 Å². The van der Waals surface area contributed by atoms with Crippen molar-refractivity contribution in [3.05, 3.63) is 16.7 Å². The number of ether oxygens (including phenoxy) is 1. The van der Waals surface area contributed by atoms with Crippen molar-refractivity contribution in [1.29, 1.82) is 0 Å². The molecule has 10 heteroatoms. The molecule has 2 aromatic rings. The van der Waals surface area contributed by atoms with E-state index in [0.717, 1.165) is 0 Å². The van der Waals surface area contributed by atoms with Crippen LogP contribution in [0.4, 0.5) is 10.3 Å². The first-order chi connectivity index (χ1) is 11.8. The molecule has 25 heavy (non-hydrogen) atoms. The maximum Gasteiger partial charge on any atom is 0.280 e. The molecule has 3 heterocycles. The van der Waals surface area contributed by atoms with E-state index in [1.165, 1.54) is 10.9 Å². The Morgan fingerprint density at radius 3 is 2.88 bits per heavy atom. The summed E-state index contributed by atoms with van der Waals surface area (Å²) in [7, 11) is 0. The minimum atomic E-state index is -1.55. The average molecular weight is 353 g/mol. The van der Waals surface area contributed by atoms with Gasteiger partial charge in [-0.2, -0.15) is 4.98 Å². The molecule has 0 radical (unpaired) electrons. The lowest BCUT2D eigenvalue weighted by Gasteiger charge is -2.16. The number of aliphatic hydroxyl groups excluding tert-OH is 1. The second kappa shape index (κ2) is 6.52. The molecule has 1 amide bonds. The number of amides is 1. The quantitative estimate of drug-likeness (QED) is 0.744. The molecule has 0 unspecified atom stereocenters. The number of fused-ring (bicyclic) bond motifs is 1. The zero-order chi connectivity index (χ0) is 18.3. The summed E-state index contributed by atoms with van der Waals surface area (Å²) in [6, 6.07) is 0. The fourth-order valence-electron chi connectivity index (χ4n) is 2.70. The molecule has 136 valence electrons. The third-order valence-corrected chi connectivity index (χ3v) is 4.16. The Hall–Kier alpha value is -2.33. The molecule has 0 bridgehead atoms. The third-order valence-electron chi connectivity index (χ3n) is 4.16. The second-order valence-corrected chi connectivity index (χ2v) is 6.29. The van der Waals surface area contributed by atoms with Crippen LogP contribution in [0.25, 0.3) is 11.2 Å². The fourth-order valence-corrected chi connectivity index (χ4v) is 2.70. The number of halogens is 1. The van der Waals surface area contributed by atoms with Crippen LogP contribution in [-0.2, 0) is 9.53 Å². The van der Waals surface area contributed by atoms with Crippen molar-refractivity contribution in [2.75, 3.05) is 5.32 Å². The van der Waals surface area contributed by atoms with Gasteiger partial charge in [0.05, 0.1) is 12.4 Å². The van der Waals surface area contributed by atoms with Crippen molar-refractivity contribution in [1.82, 2.24) is 19.5 Å². The number of aromatic amines is 1. The largest absolute Gasteiger partial charge is 0.385 e. The van der Waals surface area contributed by atoms with Crippen LogP contribution in [0.5, 0.6) is 0 Å². The van der Waals surface area contributed by atoms with Gasteiger partial charge in [0.25, 0.3) is 5.56 Å². The lowest BCUT2D eigenvalue weighted by Crippen LogP contribution is -2.28. The molecule has 0 spiro atoms. The molecule has 1 saturated heterocycles. The summed E-state index contributed by atoms with van der Waals surface area (Å²) in [5, 5.41) is 12.6. The van der Waals surface area contributed by atoms with E-state index in [1.807, 2.05) is 0 Å². The molecule has 9 nitrogen and oxygen atoms in total. The van der Waals surface area contributed by atoms with Crippen molar-refractivity contribution in [3.63, 3.8) is 0 Å². The molecule has 4 atom stereocenters. The highest BCUT2D eigenvalue weighted by atomic mass is 19.1. The molecule has 1 aliphatic rings. The molecule has 1 fully saturated rings. The van der Waals surface area contributed by atoms with Gasteiger partial charge in [-0.1, -0.05) is 20.8 Å². The van der Waals surface area contributed by atoms with Crippen molar-refractivity contribution in [2.24, 2.45) is 5.92 Å². The van der Waals surface area contributed by atoms with Crippen LogP contribution < -0.4 is 10.9 Å². The molecular weight excluding hydrogens is 333 g/mol. The number of nitrogens with one attached hydrogen (secondary N) is 2. The third kappa shape index (κ3) is 3.02. The minimum Gasteiger partial charge on any atom is -0.385 e. The highest BCUT2D eigenvalue weighted by molar-refractivity contribution is 5.91. The number of nitrogens with zero attached hydrogens (tertiary/aromatic N) is 3. The van der Waals surface area contributed by atoms with Crippen molar-refractivity contribution >= 4 is 23.0 Å². The first kappa shape index (κ1) is 17.5. The summed E-state index contributed by atoms with van der Waals surface area (Å²) >= 11 is 0. The highest BCUT2D eigenvalue weighted by Gasteiger charge is 2.44. The fraction of sp³-hybridized carbons (Fsp3) is 0.600. The van der Waals surface area contributed by atoms with Crippen LogP contribution in [-0.4, -0.2) is 48.9 Å². The number of H-pyrrole nitrogens is 1. The Morgan fingerprint density at radius 1 is 1.56 bits per heavy atom. The maximum atomic E-state index is 14.1. The van der Waals surface area contributed by atoms with E-state index in [9.17, 15) is 19.1 Å². The number of imidazole rings is 1. The number of aromatic nitrogens is 4. The van der Waals surface area contributed by atoms with Gasteiger partial charge in [0.2, 0.25) is 11.9 Å². The zero-order valence-corrected chi connectivity index (χ0v) is 14.1. The molecule has 0 aliphatic carbocycles. The number of carbonyl (C=O) groups excluding carboxylic acids is 1. The standard InChI is InChI=1S/C15H20FN5O4/c1-4-7-8(16)10(22)14(25-7)21-5-17-9-11(21)18-15(20-13(9)24)19-12(23)6(2)3/h5-8,10,14,22H,4H2,1-3H3,(H2,18,19,20,23,24)/t7-,8-,10-,14-/m1/s1. The van der Waals surface area contributed by atoms with Crippen LogP contribution in [0.2, 0.25) is 0 Å². The smallest absolute Gasteiger partial charge is 0.280 e. The summed E-state index contributed by atoms with van der Waals surface area (Å²) in [5.41, 5.74) is -0.455. The van der Waals surface area contributed by atoms with Gasteiger partial charge < -0.3 is 9.84 Å². The predicted octanol–water partition coefficient (Wildman–Crippen LogP) is 0.720. The predicted molar refractivity (Wildman–Crippen MR) is 86.7 cm³/mol. The SMILES string of the molecule is CC[C@H]1O[C@@H](n2cnc3c(=O)[nH]c(NC(=O)C(C)C)nc32)[C@H](O)[C@@H]1F. The summed E-state index contributed by atoms with van der Waals surface area (Å²) in [6.45, 7) is 5.15. The van der Waals surface area contributed by atoms with Crippen LogP contribution >= 0.6 is 0 Å². The number of rotatable bonds is 4. The summed E-state index contributed by atoms with van der Waals surface area (Å²) < 4.78 is 20.9. The molecule has 2 aromatic heterocycles. The van der Waals surface area contributed by atoms with Gasteiger partial charge in [-0.15, -0.1) is 0 Å². The lowest BCUT2D eigenvalue weighted by atomic mass is 10.1. The number of anilines is 1. The number of alkyl halides is 1. The number of hydrogen-bond acceptors (Lipinski definition) is 6. The monoisotopic (exact) mass is 353 g/mol. The highest BCUT2D eigenvalue weighted by Crippen LogP contribution is 2.34.